The van der Waals surface area contributed by atoms with E-state index in [1.54, 1.807) is 16.7 Å². The van der Waals surface area contributed by atoms with Crippen LogP contribution in [0.5, 0.6) is 0 Å². The van der Waals surface area contributed by atoms with Crippen molar-refractivity contribution in [2.45, 2.75) is 18.6 Å². The van der Waals surface area contributed by atoms with E-state index in [1.807, 2.05) is 6.26 Å². The summed E-state index contributed by atoms with van der Waals surface area (Å²) in [6, 6.07) is -1.31. The highest BCUT2D eigenvalue weighted by molar-refractivity contribution is 7.98. The summed E-state index contributed by atoms with van der Waals surface area (Å²) < 4.78 is 5.29. The molecule has 2 unspecified atom stereocenters. The predicted molar refractivity (Wildman–Crippen MR) is 72.9 cm³/mol. The molecule has 0 saturated carbocycles. The molecule has 1 aliphatic heterocycles. The van der Waals surface area contributed by atoms with Gasteiger partial charge in [0.25, 0.3) is 0 Å². The number of nitrogens with one attached hydrogen (secondary N) is 1. The van der Waals surface area contributed by atoms with Crippen molar-refractivity contribution in [3.05, 3.63) is 0 Å². The molecule has 0 aromatic rings. The van der Waals surface area contributed by atoms with E-state index >= 15 is 0 Å². The Bertz CT molecular complexity index is 316. The van der Waals surface area contributed by atoms with Gasteiger partial charge in [-0.25, -0.2) is 4.79 Å². The van der Waals surface area contributed by atoms with Gasteiger partial charge in [0.1, 0.15) is 6.04 Å². The van der Waals surface area contributed by atoms with Gasteiger partial charge in [-0.3, -0.25) is 4.79 Å². The first kappa shape index (κ1) is 16.1. The Morgan fingerprint density at radius 2 is 2.37 bits per heavy atom. The largest absolute Gasteiger partial charge is 0.394 e. The van der Waals surface area contributed by atoms with Crippen LogP contribution in [-0.2, 0) is 9.53 Å². The number of hydrogen-bond acceptors (Lipinski definition) is 5. The third-order valence-corrected chi connectivity index (χ3v) is 3.52. The fraction of sp³-hybridized carbons (Fsp3) is 0.818. The smallest absolute Gasteiger partial charge is 0.312 e. The van der Waals surface area contributed by atoms with Crippen molar-refractivity contribution in [2.75, 3.05) is 38.3 Å². The Kier molecular flexibility index (Phi) is 6.96. The van der Waals surface area contributed by atoms with Crippen molar-refractivity contribution in [3.63, 3.8) is 0 Å². The van der Waals surface area contributed by atoms with Gasteiger partial charge in [-0.15, -0.1) is 0 Å². The molecule has 2 atom stereocenters. The second kappa shape index (κ2) is 8.23. The summed E-state index contributed by atoms with van der Waals surface area (Å²) in [5.74, 6) is 0.583. The number of amides is 3. The summed E-state index contributed by atoms with van der Waals surface area (Å²) in [6.07, 6.45) is 2.11. The average Bonchev–Trinajstić information content (AvgIpc) is 2.42. The second-order valence-corrected chi connectivity index (χ2v) is 5.29. The van der Waals surface area contributed by atoms with E-state index in [9.17, 15) is 9.59 Å². The van der Waals surface area contributed by atoms with E-state index in [0.717, 1.165) is 5.75 Å². The van der Waals surface area contributed by atoms with Crippen LogP contribution in [0.1, 0.15) is 6.42 Å². The topological polar surface area (TPSA) is 105 Å². The SMILES string of the molecule is CSCCC(NC(N)=O)C(=O)N1CCOC(CO)C1. The molecule has 1 aliphatic rings. The predicted octanol–water partition coefficient (Wildman–Crippen LogP) is -1.00. The van der Waals surface area contributed by atoms with Crippen LogP contribution < -0.4 is 11.1 Å². The van der Waals surface area contributed by atoms with Gasteiger partial charge in [0.05, 0.1) is 19.3 Å². The van der Waals surface area contributed by atoms with E-state index in [1.165, 1.54) is 0 Å². The Morgan fingerprint density at radius 3 is 2.95 bits per heavy atom. The van der Waals surface area contributed by atoms with Gasteiger partial charge in [0.2, 0.25) is 5.91 Å². The van der Waals surface area contributed by atoms with Crippen LogP contribution in [0.3, 0.4) is 0 Å². The highest BCUT2D eigenvalue weighted by Crippen LogP contribution is 2.10. The van der Waals surface area contributed by atoms with Gasteiger partial charge in [0.15, 0.2) is 0 Å². The Labute approximate surface area is 116 Å². The molecule has 0 aliphatic carbocycles. The maximum absolute atomic E-state index is 12.3. The van der Waals surface area contributed by atoms with Crippen LogP contribution in [0.15, 0.2) is 0 Å². The summed E-state index contributed by atoms with van der Waals surface area (Å²) in [5.41, 5.74) is 5.09. The zero-order chi connectivity index (χ0) is 14.3. The van der Waals surface area contributed by atoms with E-state index in [0.29, 0.717) is 26.1 Å². The molecule has 3 amide bonds. The molecule has 0 bridgehead atoms. The minimum atomic E-state index is -0.702. The van der Waals surface area contributed by atoms with E-state index in [4.69, 9.17) is 15.6 Å². The summed E-state index contributed by atoms with van der Waals surface area (Å²) in [5, 5.41) is 11.5. The maximum atomic E-state index is 12.3. The van der Waals surface area contributed by atoms with Gasteiger partial charge >= 0.3 is 6.03 Å². The molecule has 4 N–H and O–H groups in total. The van der Waals surface area contributed by atoms with E-state index < -0.39 is 12.1 Å². The van der Waals surface area contributed by atoms with Crippen LogP contribution in [0.2, 0.25) is 0 Å². The molecule has 0 aromatic heterocycles. The molecule has 0 spiro atoms. The zero-order valence-electron chi connectivity index (χ0n) is 11.0. The number of nitrogens with two attached hydrogens (primary N) is 1. The number of primary amides is 1. The molecule has 1 rings (SSSR count). The summed E-state index contributed by atoms with van der Waals surface area (Å²) in [6.45, 7) is 1.07. The molecule has 1 saturated heterocycles. The highest BCUT2D eigenvalue weighted by Gasteiger charge is 2.29. The first-order valence-corrected chi connectivity index (χ1v) is 7.54. The fourth-order valence-electron chi connectivity index (χ4n) is 1.92. The third kappa shape index (κ3) is 5.25. The van der Waals surface area contributed by atoms with Gasteiger partial charge in [-0.05, 0) is 18.4 Å². The van der Waals surface area contributed by atoms with Gasteiger partial charge in [0, 0.05) is 13.1 Å². The van der Waals surface area contributed by atoms with Crippen LogP contribution >= 0.6 is 11.8 Å². The molecule has 1 fully saturated rings. The third-order valence-electron chi connectivity index (χ3n) is 2.88. The van der Waals surface area contributed by atoms with Crippen molar-refractivity contribution >= 4 is 23.7 Å². The Morgan fingerprint density at radius 1 is 1.63 bits per heavy atom. The summed E-state index contributed by atoms with van der Waals surface area (Å²) in [4.78, 5) is 24.9. The van der Waals surface area contributed by atoms with Crippen molar-refractivity contribution in [2.24, 2.45) is 5.73 Å². The number of aliphatic hydroxyl groups excluding tert-OH is 1. The van der Waals surface area contributed by atoms with Gasteiger partial charge < -0.3 is 25.8 Å². The molecule has 8 heteroatoms. The van der Waals surface area contributed by atoms with Crippen LogP contribution in [0.25, 0.3) is 0 Å². The van der Waals surface area contributed by atoms with Crippen molar-refractivity contribution in [1.29, 1.82) is 0 Å². The minimum absolute atomic E-state index is 0.123. The number of ether oxygens (including phenoxy) is 1. The highest BCUT2D eigenvalue weighted by atomic mass is 32.2. The molecule has 0 radical (unpaired) electrons. The lowest BCUT2D eigenvalue weighted by Gasteiger charge is -2.34. The number of aliphatic hydroxyl groups is 1. The molecule has 110 valence electrons. The van der Waals surface area contributed by atoms with Crippen molar-refractivity contribution < 1.29 is 19.4 Å². The number of morpholine rings is 1. The molecule has 0 aromatic carbocycles. The molecular formula is C11H21N3O4S. The molecule has 1 heterocycles. The monoisotopic (exact) mass is 291 g/mol. The van der Waals surface area contributed by atoms with Crippen LogP contribution in [-0.4, -0.2) is 72.4 Å². The Hall–Kier alpha value is -0.990. The number of carbonyl (C=O) groups is 2. The lowest BCUT2D eigenvalue weighted by Crippen LogP contribution is -2.55. The fourth-order valence-corrected chi connectivity index (χ4v) is 2.39. The van der Waals surface area contributed by atoms with Gasteiger partial charge in [-0.1, -0.05) is 0 Å². The van der Waals surface area contributed by atoms with Crippen LogP contribution in [0.4, 0.5) is 4.79 Å². The average molecular weight is 291 g/mol. The lowest BCUT2D eigenvalue weighted by atomic mass is 10.1. The van der Waals surface area contributed by atoms with E-state index in [-0.39, 0.29) is 18.6 Å². The quantitative estimate of drug-likeness (QED) is 0.582. The van der Waals surface area contributed by atoms with Crippen LogP contribution in [0, 0.1) is 0 Å². The number of nitrogens with zero attached hydrogens (tertiary/aromatic N) is 1. The van der Waals surface area contributed by atoms with E-state index in [2.05, 4.69) is 5.32 Å². The Balaban J connectivity index is 2.60. The minimum Gasteiger partial charge on any atom is -0.394 e. The lowest BCUT2D eigenvalue weighted by molar-refractivity contribution is -0.142. The number of carbonyl (C=O) groups excluding carboxylic acids is 2. The van der Waals surface area contributed by atoms with Gasteiger partial charge in [-0.2, -0.15) is 11.8 Å². The summed E-state index contributed by atoms with van der Waals surface area (Å²) >= 11 is 1.60. The number of thioether (sulfide) groups is 1. The standard InChI is InChI=1S/C11H21N3O4S/c1-19-5-2-9(13-11(12)17)10(16)14-3-4-18-8(6-14)7-15/h8-9,15H,2-7H2,1H3,(H3,12,13,17). The number of hydrogen-bond donors (Lipinski definition) is 3. The van der Waals surface area contributed by atoms with Crippen molar-refractivity contribution in [3.8, 4) is 0 Å². The first-order valence-electron chi connectivity index (χ1n) is 6.14. The zero-order valence-corrected chi connectivity index (χ0v) is 11.8. The molecule has 7 nitrogen and oxygen atoms in total. The number of rotatable bonds is 6. The molecule has 19 heavy (non-hydrogen) atoms. The second-order valence-electron chi connectivity index (χ2n) is 4.30. The number of urea groups is 1. The molecular weight excluding hydrogens is 270 g/mol. The van der Waals surface area contributed by atoms with Crippen molar-refractivity contribution in [1.82, 2.24) is 10.2 Å². The maximum Gasteiger partial charge on any atom is 0.312 e. The first-order chi connectivity index (χ1) is 9.08. The normalized spacial score (nSPS) is 20.9. The summed E-state index contributed by atoms with van der Waals surface area (Å²) in [7, 11) is 0.